The van der Waals surface area contributed by atoms with Gasteiger partial charge in [0, 0.05) is 5.56 Å². The lowest BCUT2D eigenvalue weighted by Crippen LogP contribution is -1.84. The summed E-state index contributed by atoms with van der Waals surface area (Å²) in [5, 5.41) is 19.6. The standard InChI is InChI=1S/C16H16O2/c1-2-14-15(17)10-13(11-16(14)18)9-8-12-6-4-3-5-7-12/h3-11,17-18H,2H2,1H3. The van der Waals surface area contributed by atoms with Gasteiger partial charge in [0.05, 0.1) is 0 Å². The van der Waals surface area contributed by atoms with Crippen LogP contribution in [0, 0.1) is 0 Å². The Morgan fingerprint density at radius 1 is 0.889 bits per heavy atom. The Kier molecular flexibility index (Phi) is 3.68. The van der Waals surface area contributed by atoms with Gasteiger partial charge in [-0.2, -0.15) is 0 Å². The van der Waals surface area contributed by atoms with Gasteiger partial charge in [-0.1, -0.05) is 49.4 Å². The fourth-order valence-electron chi connectivity index (χ4n) is 1.88. The van der Waals surface area contributed by atoms with Gasteiger partial charge in [0.2, 0.25) is 0 Å². The molecule has 2 heteroatoms. The van der Waals surface area contributed by atoms with E-state index in [1.54, 1.807) is 12.1 Å². The van der Waals surface area contributed by atoms with Crippen molar-refractivity contribution in [3.8, 4) is 11.5 Å². The maximum Gasteiger partial charge on any atom is 0.123 e. The van der Waals surface area contributed by atoms with Crippen LogP contribution in [-0.4, -0.2) is 10.2 Å². The molecule has 2 nitrogen and oxygen atoms in total. The molecular weight excluding hydrogens is 224 g/mol. The van der Waals surface area contributed by atoms with Crippen molar-refractivity contribution in [3.63, 3.8) is 0 Å². The first-order valence-corrected chi connectivity index (χ1v) is 5.98. The zero-order chi connectivity index (χ0) is 13.0. The van der Waals surface area contributed by atoms with Gasteiger partial charge in [-0.05, 0) is 29.7 Å². The molecule has 18 heavy (non-hydrogen) atoms. The van der Waals surface area contributed by atoms with Crippen molar-refractivity contribution in [2.45, 2.75) is 13.3 Å². The largest absolute Gasteiger partial charge is 0.508 e. The van der Waals surface area contributed by atoms with E-state index in [4.69, 9.17) is 0 Å². The molecule has 0 saturated heterocycles. The van der Waals surface area contributed by atoms with Crippen molar-refractivity contribution < 1.29 is 10.2 Å². The summed E-state index contributed by atoms with van der Waals surface area (Å²) < 4.78 is 0. The second-order valence-corrected chi connectivity index (χ2v) is 4.14. The summed E-state index contributed by atoms with van der Waals surface area (Å²) >= 11 is 0. The first-order valence-electron chi connectivity index (χ1n) is 5.98. The van der Waals surface area contributed by atoms with Crippen LogP contribution in [0.15, 0.2) is 42.5 Å². The summed E-state index contributed by atoms with van der Waals surface area (Å²) in [6.45, 7) is 1.90. The third-order valence-electron chi connectivity index (χ3n) is 2.85. The molecule has 0 saturated carbocycles. The topological polar surface area (TPSA) is 40.5 Å². The minimum Gasteiger partial charge on any atom is -0.508 e. The number of hydrogen-bond donors (Lipinski definition) is 2. The van der Waals surface area contributed by atoms with E-state index in [0.717, 1.165) is 11.1 Å². The molecular formula is C16H16O2. The molecule has 0 radical (unpaired) electrons. The number of phenolic OH excluding ortho intramolecular Hbond substituents is 2. The predicted molar refractivity (Wildman–Crippen MR) is 74.5 cm³/mol. The Labute approximate surface area is 107 Å². The zero-order valence-corrected chi connectivity index (χ0v) is 10.3. The summed E-state index contributed by atoms with van der Waals surface area (Å²) in [7, 11) is 0. The molecule has 0 atom stereocenters. The Balaban J connectivity index is 2.28. The van der Waals surface area contributed by atoms with Gasteiger partial charge in [0.25, 0.3) is 0 Å². The van der Waals surface area contributed by atoms with Crippen molar-refractivity contribution in [3.05, 3.63) is 59.2 Å². The summed E-state index contributed by atoms with van der Waals surface area (Å²) in [5.41, 5.74) is 2.45. The summed E-state index contributed by atoms with van der Waals surface area (Å²) in [6.07, 6.45) is 4.42. The average Bonchev–Trinajstić information content (AvgIpc) is 2.37. The maximum absolute atomic E-state index is 9.78. The van der Waals surface area contributed by atoms with E-state index in [1.165, 1.54) is 0 Å². The molecule has 0 amide bonds. The van der Waals surface area contributed by atoms with Crippen LogP contribution in [0.1, 0.15) is 23.6 Å². The molecule has 2 aromatic rings. The van der Waals surface area contributed by atoms with E-state index in [9.17, 15) is 10.2 Å². The highest BCUT2D eigenvalue weighted by Crippen LogP contribution is 2.29. The van der Waals surface area contributed by atoms with Crippen molar-refractivity contribution in [1.29, 1.82) is 0 Å². The number of phenols is 2. The molecule has 2 rings (SSSR count). The quantitative estimate of drug-likeness (QED) is 0.800. The van der Waals surface area contributed by atoms with Crippen molar-refractivity contribution >= 4 is 12.2 Å². The Morgan fingerprint density at radius 2 is 1.44 bits per heavy atom. The van der Waals surface area contributed by atoms with Gasteiger partial charge in [-0.15, -0.1) is 0 Å². The van der Waals surface area contributed by atoms with E-state index in [2.05, 4.69) is 0 Å². The SMILES string of the molecule is CCc1c(O)cc(C=Cc2ccccc2)cc1O. The molecule has 0 heterocycles. The molecule has 0 aliphatic heterocycles. The minimum absolute atomic E-state index is 0.144. The third kappa shape index (κ3) is 2.72. The van der Waals surface area contributed by atoms with Gasteiger partial charge in [-0.25, -0.2) is 0 Å². The molecule has 0 bridgehead atoms. The highest BCUT2D eigenvalue weighted by Gasteiger charge is 2.06. The molecule has 92 valence electrons. The van der Waals surface area contributed by atoms with Crippen LogP contribution in [0.5, 0.6) is 11.5 Å². The second-order valence-electron chi connectivity index (χ2n) is 4.14. The van der Waals surface area contributed by atoms with Crippen LogP contribution in [0.4, 0.5) is 0 Å². The van der Waals surface area contributed by atoms with Gasteiger partial charge < -0.3 is 10.2 Å². The highest BCUT2D eigenvalue weighted by atomic mass is 16.3. The van der Waals surface area contributed by atoms with E-state index >= 15 is 0 Å². The molecule has 0 fully saturated rings. The van der Waals surface area contributed by atoms with Gasteiger partial charge in [-0.3, -0.25) is 0 Å². The first kappa shape index (κ1) is 12.2. The van der Waals surface area contributed by atoms with Crippen molar-refractivity contribution in [2.75, 3.05) is 0 Å². The second kappa shape index (κ2) is 5.41. The molecule has 0 unspecified atom stereocenters. The van der Waals surface area contributed by atoms with E-state index in [-0.39, 0.29) is 11.5 Å². The molecule has 0 aliphatic carbocycles. The number of rotatable bonds is 3. The van der Waals surface area contributed by atoms with Crippen molar-refractivity contribution in [2.24, 2.45) is 0 Å². The molecule has 2 aromatic carbocycles. The fraction of sp³-hybridized carbons (Fsp3) is 0.125. The molecule has 0 aliphatic rings. The fourth-order valence-corrected chi connectivity index (χ4v) is 1.88. The molecule has 0 aromatic heterocycles. The van der Waals surface area contributed by atoms with E-state index in [1.807, 2.05) is 49.4 Å². The molecule has 0 spiro atoms. The lowest BCUT2D eigenvalue weighted by atomic mass is 10.1. The smallest absolute Gasteiger partial charge is 0.123 e. The van der Waals surface area contributed by atoms with Crippen LogP contribution < -0.4 is 0 Å². The van der Waals surface area contributed by atoms with Gasteiger partial charge >= 0.3 is 0 Å². The van der Waals surface area contributed by atoms with Crippen LogP contribution in [0.2, 0.25) is 0 Å². The third-order valence-corrected chi connectivity index (χ3v) is 2.85. The monoisotopic (exact) mass is 240 g/mol. The highest BCUT2D eigenvalue weighted by molar-refractivity contribution is 5.71. The minimum atomic E-state index is 0.144. The predicted octanol–water partition coefficient (Wildman–Crippen LogP) is 3.83. The zero-order valence-electron chi connectivity index (χ0n) is 10.3. The molecule has 2 N–H and O–H groups in total. The number of benzene rings is 2. The van der Waals surface area contributed by atoms with Crippen LogP contribution in [0.3, 0.4) is 0 Å². The summed E-state index contributed by atoms with van der Waals surface area (Å²) in [5.74, 6) is 0.287. The van der Waals surface area contributed by atoms with Gasteiger partial charge in [0.1, 0.15) is 11.5 Å². The van der Waals surface area contributed by atoms with Gasteiger partial charge in [0.15, 0.2) is 0 Å². The average molecular weight is 240 g/mol. The Morgan fingerprint density at radius 3 is 2.00 bits per heavy atom. The van der Waals surface area contributed by atoms with E-state index in [0.29, 0.717) is 12.0 Å². The van der Waals surface area contributed by atoms with Crippen LogP contribution >= 0.6 is 0 Å². The van der Waals surface area contributed by atoms with Crippen LogP contribution in [-0.2, 0) is 6.42 Å². The Bertz CT molecular complexity index is 534. The maximum atomic E-state index is 9.78. The lowest BCUT2D eigenvalue weighted by Gasteiger charge is -2.06. The van der Waals surface area contributed by atoms with Crippen LogP contribution in [0.25, 0.3) is 12.2 Å². The summed E-state index contributed by atoms with van der Waals surface area (Å²) in [4.78, 5) is 0. The lowest BCUT2D eigenvalue weighted by molar-refractivity contribution is 0.439. The Hall–Kier alpha value is -2.22. The first-order chi connectivity index (χ1) is 8.70. The summed E-state index contributed by atoms with van der Waals surface area (Å²) in [6, 6.07) is 13.2. The van der Waals surface area contributed by atoms with E-state index < -0.39 is 0 Å². The number of hydrogen-bond acceptors (Lipinski definition) is 2. The van der Waals surface area contributed by atoms with Crippen molar-refractivity contribution in [1.82, 2.24) is 0 Å². The number of aromatic hydroxyl groups is 2. The normalized spacial score (nSPS) is 10.9.